The van der Waals surface area contributed by atoms with Crippen LogP contribution >= 0.6 is 11.3 Å². The molecule has 1 aliphatic rings. The van der Waals surface area contributed by atoms with Gasteiger partial charge in [-0.2, -0.15) is 0 Å². The van der Waals surface area contributed by atoms with Gasteiger partial charge in [-0.05, 0) is 24.8 Å². The Morgan fingerprint density at radius 3 is 2.75 bits per heavy atom. The van der Waals surface area contributed by atoms with Gasteiger partial charge in [0.15, 0.2) is 0 Å². The minimum Gasteiger partial charge on any atom is -0.481 e. The van der Waals surface area contributed by atoms with Crippen molar-refractivity contribution in [3.8, 4) is 0 Å². The number of thiazole rings is 1. The molecular formula is C18H20N2O3S. The van der Waals surface area contributed by atoms with Gasteiger partial charge in [-0.15, -0.1) is 11.3 Å². The summed E-state index contributed by atoms with van der Waals surface area (Å²) in [4.78, 5) is 27.6. The number of rotatable bonds is 6. The molecule has 1 aromatic carbocycles. The monoisotopic (exact) mass is 344 g/mol. The van der Waals surface area contributed by atoms with E-state index in [1.165, 1.54) is 5.56 Å². The van der Waals surface area contributed by atoms with Crippen LogP contribution in [0, 0.1) is 5.92 Å². The predicted molar refractivity (Wildman–Crippen MR) is 92.0 cm³/mol. The number of nitrogens with zero attached hydrogens (tertiary/aromatic N) is 1. The van der Waals surface area contributed by atoms with Gasteiger partial charge in [0.25, 0.3) is 0 Å². The Morgan fingerprint density at radius 1 is 1.25 bits per heavy atom. The molecule has 2 aromatic rings. The Balaban J connectivity index is 1.49. The molecule has 0 bridgehead atoms. The zero-order valence-electron chi connectivity index (χ0n) is 13.3. The number of aliphatic carboxylic acids is 1. The first-order valence-electron chi connectivity index (χ1n) is 8.09. The lowest BCUT2D eigenvalue weighted by molar-refractivity contribution is -0.141. The summed E-state index contributed by atoms with van der Waals surface area (Å²) in [5.41, 5.74) is 1.98. The van der Waals surface area contributed by atoms with Crippen LogP contribution in [0.15, 0.2) is 35.7 Å². The summed E-state index contributed by atoms with van der Waals surface area (Å²) in [6.45, 7) is 0. The highest BCUT2D eigenvalue weighted by molar-refractivity contribution is 7.09. The SMILES string of the molecule is O=C(Cc1csc(Cc2ccccc2)n1)N[C@@H]1CC[C@H](C(=O)O)C1. The fourth-order valence-corrected chi connectivity index (χ4v) is 3.89. The van der Waals surface area contributed by atoms with Gasteiger partial charge < -0.3 is 10.4 Å². The number of nitrogens with one attached hydrogen (secondary N) is 1. The number of amides is 1. The molecular weight excluding hydrogens is 324 g/mol. The molecule has 1 aliphatic carbocycles. The molecule has 3 rings (SSSR count). The zero-order chi connectivity index (χ0) is 16.9. The summed E-state index contributed by atoms with van der Waals surface area (Å²) in [6.07, 6.45) is 2.92. The second-order valence-electron chi connectivity index (χ2n) is 6.18. The molecule has 6 heteroatoms. The highest BCUT2D eigenvalue weighted by Crippen LogP contribution is 2.25. The predicted octanol–water partition coefficient (Wildman–Crippen LogP) is 2.65. The Morgan fingerprint density at radius 2 is 2.04 bits per heavy atom. The molecule has 1 aromatic heterocycles. The third-order valence-electron chi connectivity index (χ3n) is 4.29. The van der Waals surface area contributed by atoms with Gasteiger partial charge in [0.2, 0.25) is 5.91 Å². The maximum absolute atomic E-state index is 12.1. The maximum Gasteiger partial charge on any atom is 0.306 e. The van der Waals surface area contributed by atoms with Crippen molar-refractivity contribution < 1.29 is 14.7 Å². The third-order valence-corrected chi connectivity index (χ3v) is 5.18. The lowest BCUT2D eigenvalue weighted by Gasteiger charge is -2.11. The van der Waals surface area contributed by atoms with E-state index in [4.69, 9.17) is 5.11 Å². The van der Waals surface area contributed by atoms with Crippen LogP contribution in [-0.2, 0) is 22.4 Å². The summed E-state index contributed by atoms with van der Waals surface area (Å²) >= 11 is 1.56. The van der Waals surface area contributed by atoms with Gasteiger partial charge in [-0.3, -0.25) is 9.59 Å². The normalized spacial score (nSPS) is 20.0. The van der Waals surface area contributed by atoms with Crippen LogP contribution in [0.3, 0.4) is 0 Å². The highest BCUT2D eigenvalue weighted by Gasteiger charge is 2.30. The van der Waals surface area contributed by atoms with Crippen molar-refractivity contribution in [1.29, 1.82) is 0 Å². The van der Waals surface area contributed by atoms with E-state index in [0.717, 1.165) is 23.5 Å². The van der Waals surface area contributed by atoms with Gasteiger partial charge in [-0.25, -0.2) is 4.98 Å². The summed E-state index contributed by atoms with van der Waals surface area (Å²) in [5.74, 6) is -1.17. The molecule has 5 nitrogen and oxygen atoms in total. The molecule has 1 fully saturated rings. The number of carbonyl (C=O) groups excluding carboxylic acids is 1. The van der Waals surface area contributed by atoms with E-state index < -0.39 is 5.97 Å². The summed E-state index contributed by atoms with van der Waals surface area (Å²) in [6, 6.07) is 10.1. The summed E-state index contributed by atoms with van der Waals surface area (Å²) in [7, 11) is 0. The summed E-state index contributed by atoms with van der Waals surface area (Å²) < 4.78 is 0. The van der Waals surface area contributed by atoms with E-state index in [2.05, 4.69) is 22.4 Å². The van der Waals surface area contributed by atoms with Gasteiger partial charge in [0, 0.05) is 17.8 Å². The maximum atomic E-state index is 12.1. The Hall–Kier alpha value is -2.21. The second kappa shape index (κ2) is 7.57. The Labute approximate surface area is 144 Å². The highest BCUT2D eigenvalue weighted by atomic mass is 32.1. The van der Waals surface area contributed by atoms with E-state index in [0.29, 0.717) is 12.8 Å². The van der Waals surface area contributed by atoms with Crippen LogP contribution in [0.25, 0.3) is 0 Å². The van der Waals surface area contributed by atoms with Crippen molar-refractivity contribution in [2.75, 3.05) is 0 Å². The van der Waals surface area contributed by atoms with E-state index in [1.54, 1.807) is 11.3 Å². The first-order chi connectivity index (χ1) is 11.6. The number of carboxylic acid groups (broad SMARTS) is 1. The molecule has 2 atom stereocenters. The second-order valence-corrected chi connectivity index (χ2v) is 7.13. The molecule has 0 saturated heterocycles. The van der Waals surface area contributed by atoms with Crippen LogP contribution in [0.2, 0.25) is 0 Å². The van der Waals surface area contributed by atoms with Crippen molar-refractivity contribution in [3.05, 3.63) is 52.0 Å². The quantitative estimate of drug-likeness (QED) is 0.844. The number of carboxylic acids is 1. The van der Waals surface area contributed by atoms with Gasteiger partial charge in [-0.1, -0.05) is 30.3 Å². The number of hydrogen-bond donors (Lipinski definition) is 2. The van der Waals surface area contributed by atoms with Crippen LogP contribution < -0.4 is 5.32 Å². The fraction of sp³-hybridized carbons (Fsp3) is 0.389. The molecule has 0 aliphatic heterocycles. The standard InChI is InChI=1S/C18H20N2O3S/c21-16(19-14-7-6-13(9-14)18(22)23)10-15-11-24-17(20-15)8-12-4-2-1-3-5-12/h1-5,11,13-14H,6-10H2,(H,19,21)(H,22,23)/t13-,14+/m0/s1. The van der Waals surface area contributed by atoms with Gasteiger partial charge >= 0.3 is 5.97 Å². The number of aromatic nitrogens is 1. The van der Waals surface area contributed by atoms with Crippen LogP contribution in [0.1, 0.15) is 35.5 Å². The molecule has 0 unspecified atom stereocenters. The lowest BCUT2D eigenvalue weighted by Crippen LogP contribution is -2.34. The lowest BCUT2D eigenvalue weighted by atomic mass is 10.1. The van der Waals surface area contributed by atoms with Crippen molar-refractivity contribution >= 4 is 23.2 Å². The van der Waals surface area contributed by atoms with Crippen molar-refractivity contribution in [2.24, 2.45) is 5.92 Å². The number of hydrogen-bond acceptors (Lipinski definition) is 4. The van der Waals surface area contributed by atoms with E-state index in [9.17, 15) is 9.59 Å². The van der Waals surface area contributed by atoms with Crippen LogP contribution in [0.5, 0.6) is 0 Å². The third kappa shape index (κ3) is 4.41. The average molecular weight is 344 g/mol. The first kappa shape index (κ1) is 16.6. The fourth-order valence-electron chi connectivity index (χ4n) is 3.06. The van der Waals surface area contributed by atoms with Crippen molar-refractivity contribution in [2.45, 2.75) is 38.1 Å². The topological polar surface area (TPSA) is 79.3 Å². The van der Waals surface area contributed by atoms with Gasteiger partial charge in [0.1, 0.15) is 0 Å². The molecule has 1 saturated carbocycles. The molecule has 0 spiro atoms. The number of benzene rings is 1. The molecule has 1 heterocycles. The molecule has 126 valence electrons. The van der Waals surface area contributed by atoms with E-state index in [-0.39, 0.29) is 24.3 Å². The van der Waals surface area contributed by atoms with E-state index in [1.807, 2.05) is 23.6 Å². The largest absolute Gasteiger partial charge is 0.481 e. The van der Waals surface area contributed by atoms with Crippen LogP contribution in [0.4, 0.5) is 0 Å². The van der Waals surface area contributed by atoms with E-state index >= 15 is 0 Å². The van der Waals surface area contributed by atoms with Gasteiger partial charge in [0.05, 0.1) is 23.0 Å². The summed E-state index contributed by atoms with van der Waals surface area (Å²) in [5, 5.41) is 14.9. The molecule has 0 radical (unpaired) electrons. The molecule has 1 amide bonds. The first-order valence-corrected chi connectivity index (χ1v) is 8.97. The Bertz CT molecular complexity index is 714. The number of carbonyl (C=O) groups is 2. The molecule has 24 heavy (non-hydrogen) atoms. The minimum atomic E-state index is -0.767. The smallest absolute Gasteiger partial charge is 0.306 e. The van der Waals surface area contributed by atoms with Crippen molar-refractivity contribution in [3.63, 3.8) is 0 Å². The molecule has 2 N–H and O–H groups in total. The van der Waals surface area contributed by atoms with Crippen LogP contribution in [-0.4, -0.2) is 28.0 Å². The Kier molecular flexibility index (Phi) is 5.25. The van der Waals surface area contributed by atoms with Crippen molar-refractivity contribution in [1.82, 2.24) is 10.3 Å². The zero-order valence-corrected chi connectivity index (χ0v) is 14.1. The minimum absolute atomic E-state index is 0.0268. The average Bonchev–Trinajstić information content (AvgIpc) is 3.18.